The largest absolute Gasteiger partial charge is 0.452 e. The van der Waals surface area contributed by atoms with E-state index in [1.165, 1.54) is 11.8 Å². The van der Waals surface area contributed by atoms with Crippen molar-refractivity contribution in [3.8, 4) is 0 Å². The van der Waals surface area contributed by atoms with Gasteiger partial charge < -0.3 is 9.64 Å². The van der Waals surface area contributed by atoms with E-state index in [0.29, 0.717) is 10.6 Å². The van der Waals surface area contributed by atoms with Crippen LogP contribution in [0.1, 0.15) is 23.2 Å². The summed E-state index contributed by atoms with van der Waals surface area (Å²) in [6, 6.07) is 5.17. The van der Waals surface area contributed by atoms with Gasteiger partial charge >= 0.3 is 5.97 Å². The number of thioether (sulfide) groups is 1. The van der Waals surface area contributed by atoms with E-state index in [9.17, 15) is 9.59 Å². The highest BCUT2D eigenvalue weighted by atomic mass is 35.5. The molecule has 1 aromatic carbocycles. The lowest BCUT2D eigenvalue weighted by Crippen LogP contribution is -2.32. The quantitative estimate of drug-likeness (QED) is 0.633. The Kier molecular flexibility index (Phi) is 5.31. The normalized spacial score (nSPS) is 14.4. The molecule has 1 amide bonds. The highest BCUT2D eigenvalue weighted by Gasteiger charge is 2.20. The van der Waals surface area contributed by atoms with Crippen molar-refractivity contribution in [1.29, 1.82) is 0 Å². The van der Waals surface area contributed by atoms with Gasteiger partial charge in [0, 0.05) is 18.0 Å². The number of halogens is 1. The van der Waals surface area contributed by atoms with Crippen molar-refractivity contribution in [1.82, 2.24) is 4.90 Å². The Morgan fingerprint density at radius 3 is 2.70 bits per heavy atom. The zero-order chi connectivity index (χ0) is 14.5. The maximum Gasteiger partial charge on any atom is 0.340 e. The van der Waals surface area contributed by atoms with Crippen LogP contribution in [0.4, 0.5) is 0 Å². The number of carbonyl (C=O) groups is 2. The highest BCUT2D eigenvalue weighted by Crippen LogP contribution is 2.23. The molecule has 1 fully saturated rings. The van der Waals surface area contributed by atoms with E-state index >= 15 is 0 Å². The number of amides is 1. The second-order valence-electron chi connectivity index (χ2n) is 4.51. The molecular formula is C14H16ClNO3S. The molecule has 0 radical (unpaired) electrons. The second kappa shape index (κ2) is 6.99. The Bertz CT molecular complexity index is 515. The summed E-state index contributed by atoms with van der Waals surface area (Å²) in [5.41, 5.74) is 0.299. The number of carbonyl (C=O) groups excluding carboxylic acids is 2. The molecule has 1 saturated heterocycles. The van der Waals surface area contributed by atoms with Gasteiger partial charge in [0.25, 0.3) is 5.91 Å². The van der Waals surface area contributed by atoms with Gasteiger partial charge in [-0.05, 0) is 37.3 Å². The molecule has 0 atom stereocenters. The first-order valence-electron chi connectivity index (χ1n) is 6.40. The van der Waals surface area contributed by atoms with Crippen molar-refractivity contribution in [3.05, 3.63) is 28.8 Å². The van der Waals surface area contributed by atoms with Gasteiger partial charge in [0.1, 0.15) is 0 Å². The van der Waals surface area contributed by atoms with Crippen LogP contribution in [0, 0.1) is 0 Å². The van der Waals surface area contributed by atoms with E-state index in [-0.39, 0.29) is 12.5 Å². The minimum Gasteiger partial charge on any atom is -0.452 e. The lowest BCUT2D eigenvalue weighted by molar-refractivity contribution is -0.133. The Hall–Kier alpha value is -1.20. The Labute approximate surface area is 127 Å². The molecule has 0 spiro atoms. The summed E-state index contributed by atoms with van der Waals surface area (Å²) < 4.78 is 5.06. The molecule has 0 aliphatic carbocycles. The third-order valence-electron chi connectivity index (χ3n) is 3.18. The SMILES string of the molecule is CSc1ccc(Cl)c(C(=O)OCC(=O)N2CCCC2)c1. The zero-order valence-corrected chi connectivity index (χ0v) is 12.8. The molecule has 0 N–H and O–H groups in total. The lowest BCUT2D eigenvalue weighted by Gasteiger charge is -2.15. The van der Waals surface area contributed by atoms with Crippen LogP contribution in [-0.4, -0.2) is 42.7 Å². The number of likely N-dealkylation sites (tertiary alicyclic amines) is 1. The number of hydrogen-bond acceptors (Lipinski definition) is 4. The molecule has 1 aliphatic heterocycles. The number of rotatable bonds is 4. The molecule has 0 saturated carbocycles. The van der Waals surface area contributed by atoms with Gasteiger partial charge in [0.05, 0.1) is 10.6 Å². The maximum atomic E-state index is 12.0. The zero-order valence-electron chi connectivity index (χ0n) is 11.2. The van der Waals surface area contributed by atoms with Gasteiger partial charge in [-0.2, -0.15) is 0 Å². The van der Waals surface area contributed by atoms with Gasteiger partial charge in [0.2, 0.25) is 0 Å². The first-order valence-corrected chi connectivity index (χ1v) is 8.00. The van der Waals surface area contributed by atoms with Gasteiger partial charge in [-0.25, -0.2) is 4.79 Å². The molecular weight excluding hydrogens is 298 g/mol. The van der Waals surface area contributed by atoms with Gasteiger partial charge in [-0.1, -0.05) is 11.6 Å². The predicted octanol–water partition coefficient (Wildman–Crippen LogP) is 2.84. The summed E-state index contributed by atoms with van der Waals surface area (Å²) in [5.74, 6) is -0.702. The molecule has 20 heavy (non-hydrogen) atoms. The third-order valence-corrected chi connectivity index (χ3v) is 4.23. The molecule has 108 valence electrons. The number of nitrogens with zero attached hydrogens (tertiary/aromatic N) is 1. The average molecular weight is 314 g/mol. The first kappa shape index (κ1) is 15.2. The van der Waals surface area contributed by atoms with Gasteiger partial charge in [-0.15, -0.1) is 11.8 Å². The second-order valence-corrected chi connectivity index (χ2v) is 5.80. The monoisotopic (exact) mass is 313 g/mol. The van der Waals surface area contributed by atoms with E-state index in [0.717, 1.165) is 30.8 Å². The minimum atomic E-state index is -0.557. The van der Waals surface area contributed by atoms with Crippen LogP contribution in [0.5, 0.6) is 0 Å². The van der Waals surface area contributed by atoms with Crippen LogP contribution < -0.4 is 0 Å². The summed E-state index contributed by atoms with van der Waals surface area (Å²) in [4.78, 5) is 26.4. The topological polar surface area (TPSA) is 46.6 Å². The minimum absolute atomic E-state index is 0.145. The Morgan fingerprint density at radius 2 is 2.05 bits per heavy atom. The Balaban J connectivity index is 1.96. The van der Waals surface area contributed by atoms with E-state index < -0.39 is 5.97 Å². The van der Waals surface area contributed by atoms with Crippen molar-refractivity contribution < 1.29 is 14.3 Å². The summed E-state index contributed by atoms with van der Waals surface area (Å²) in [5, 5.41) is 0.335. The molecule has 1 aromatic rings. The van der Waals surface area contributed by atoms with Crippen LogP contribution >= 0.6 is 23.4 Å². The summed E-state index contributed by atoms with van der Waals surface area (Å²) in [7, 11) is 0. The first-order chi connectivity index (χ1) is 9.61. The molecule has 6 heteroatoms. The van der Waals surface area contributed by atoms with Crippen LogP contribution in [0.25, 0.3) is 0 Å². The van der Waals surface area contributed by atoms with Crippen LogP contribution in [0.2, 0.25) is 5.02 Å². The lowest BCUT2D eigenvalue weighted by atomic mass is 10.2. The average Bonchev–Trinajstić information content (AvgIpc) is 2.99. The predicted molar refractivity (Wildman–Crippen MR) is 79.3 cm³/mol. The van der Waals surface area contributed by atoms with Crippen LogP contribution in [0.15, 0.2) is 23.1 Å². The molecule has 1 aliphatic rings. The Morgan fingerprint density at radius 1 is 1.35 bits per heavy atom. The fraction of sp³-hybridized carbons (Fsp3) is 0.429. The van der Waals surface area contributed by atoms with Crippen molar-refractivity contribution in [2.24, 2.45) is 0 Å². The number of esters is 1. The van der Waals surface area contributed by atoms with Crippen LogP contribution in [0.3, 0.4) is 0 Å². The molecule has 0 unspecified atom stereocenters. The van der Waals surface area contributed by atoms with E-state index in [1.807, 2.05) is 12.3 Å². The standard InChI is InChI=1S/C14H16ClNO3S/c1-20-10-4-5-12(15)11(8-10)14(18)19-9-13(17)16-6-2-3-7-16/h4-5,8H,2-3,6-7,9H2,1H3. The number of benzene rings is 1. The molecule has 1 heterocycles. The summed E-state index contributed by atoms with van der Waals surface area (Å²) in [6.07, 6.45) is 3.94. The molecule has 2 rings (SSSR count). The van der Waals surface area contributed by atoms with E-state index in [4.69, 9.17) is 16.3 Å². The smallest absolute Gasteiger partial charge is 0.340 e. The van der Waals surface area contributed by atoms with E-state index in [1.54, 1.807) is 17.0 Å². The van der Waals surface area contributed by atoms with Crippen molar-refractivity contribution in [3.63, 3.8) is 0 Å². The number of ether oxygens (including phenoxy) is 1. The molecule has 0 aromatic heterocycles. The molecule has 0 bridgehead atoms. The van der Waals surface area contributed by atoms with Crippen molar-refractivity contribution in [2.75, 3.05) is 26.0 Å². The highest BCUT2D eigenvalue weighted by molar-refractivity contribution is 7.98. The summed E-state index contributed by atoms with van der Waals surface area (Å²) >= 11 is 7.50. The fourth-order valence-electron chi connectivity index (χ4n) is 2.05. The number of hydrogen-bond donors (Lipinski definition) is 0. The maximum absolute atomic E-state index is 12.0. The van der Waals surface area contributed by atoms with Gasteiger partial charge in [0.15, 0.2) is 6.61 Å². The fourth-order valence-corrected chi connectivity index (χ4v) is 2.69. The van der Waals surface area contributed by atoms with Crippen molar-refractivity contribution >= 4 is 35.2 Å². The van der Waals surface area contributed by atoms with Crippen LogP contribution in [-0.2, 0) is 9.53 Å². The third kappa shape index (κ3) is 3.67. The van der Waals surface area contributed by atoms with E-state index in [2.05, 4.69) is 0 Å². The summed E-state index contributed by atoms with van der Waals surface area (Å²) in [6.45, 7) is 1.27. The van der Waals surface area contributed by atoms with Gasteiger partial charge in [-0.3, -0.25) is 4.79 Å². The van der Waals surface area contributed by atoms with Crippen molar-refractivity contribution in [2.45, 2.75) is 17.7 Å². The molecule has 4 nitrogen and oxygen atoms in total.